The minimum Gasteiger partial charge on any atom is -0.385 e. The predicted octanol–water partition coefficient (Wildman–Crippen LogP) is -1.66. The summed E-state index contributed by atoms with van der Waals surface area (Å²) >= 11 is 1.84. The summed E-state index contributed by atoms with van der Waals surface area (Å²) < 4.78 is 37.8. The highest BCUT2D eigenvalue weighted by Crippen LogP contribution is 2.33. The number of aliphatic hydroxyl groups excluding tert-OH is 2. The molecule has 1 fully saturated rings. The molecule has 6 atom stereocenters. The Morgan fingerprint density at radius 1 is 1.42 bits per heavy atom. The minimum atomic E-state index is -4.70. The largest absolute Gasteiger partial charge is 0.385 e. The highest BCUT2D eigenvalue weighted by molar-refractivity contribution is 14.1. The maximum Gasteiger partial charge on any atom is 0.364 e. The number of amides is 1. The van der Waals surface area contributed by atoms with Crippen molar-refractivity contribution in [3.8, 4) is 0 Å². The number of imidazole rings is 1. The fourth-order valence-corrected chi connectivity index (χ4v) is 4.22. The van der Waals surface area contributed by atoms with Crippen LogP contribution in [0.4, 0.5) is 5.82 Å². The zero-order valence-electron chi connectivity index (χ0n) is 16.4. The highest BCUT2D eigenvalue weighted by Gasteiger charge is 2.47. The van der Waals surface area contributed by atoms with Gasteiger partial charge in [-0.3, -0.25) is 9.36 Å². The van der Waals surface area contributed by atoms with Gasteiger partial charge in [0.15, 0.2) is 21.5 Å². The van der Waals surface area contributed by atoms with Crippen LogP contribution in [0.2, 0.25) is 0 Å². The highest BCUT2D eigenvalue weighted by atomic mass is 127. The number of nitrogens with two attached hydrogens (primary N) is 2. The maximum atomic E-state index is 12.2. The second kappa shape index (κ2) is 9.04. The zero-order chi connectivity index (χ0) is 23.1. The molecule has 0 unspecified atom stereocenters. The quantitative estimate of drug-likeness (QED) is 0.186. The van der Waals surface area contributed by atoms with Crippen molar-refractivity contribution < 1.29 is 32.3 Å². The first-order valence-corrected chi connectivity index (χ1v) is 11.6. The molecule has 31 heavy (non-hydrogen) atoms. The number of aliphatic hydroxyl groups is 2. The van der Waals surface area contributed by atoms with E-state index in [0.717, 1.165) is 0 Å². The molecular formula is C15H22IN7O7S. The zero-order valence-corrected chi connectivity index (χ0v) is 19.4. The molecule has 2 aromatic heterocycles. The lowest BCUT2D eigenvalue weighted by Crippen LogP contribution is -2.48. The number of carbonyl (C=O) groups is 1. The Hall–Kier alpha value is -1.70. The first-order chi connectivity index (χ1) is 14.4. The number of nitrogens with one attached hydrogen (secondary N) is 1. The number of anilines is 1. The van der Waals surface area contributed by atoms with E-state index in [1.807, 2.05) is 22.6 Å². The Bertz CT molecular complexity index is 1080. The van der Waals surface area contributed by atoms with Crippen molar-refractivity contribution in [2.24, 2.45) is 11.7 Å². The normalized spacial score (nSPS) is 26.1. The Kier molecular flexibility index (Phi) is 6.99. The number of nitrogens with zero attached hydrogens (tertiary/aromatic N) is 4. The van der Waals surface area contributed by atoms with Gasteiger partial charge >= 0.3 is 10.3 Å². The van der Waals surface area contributed by atoms with Crippen molar-refractivity contribution >= 4 is 55.8 Å². The van der Waals surface area contributed by atoms with Crippen LogP contribution in [0.25, 0.3) is 11.2 Å². The van der Waals surface area contributed by atoms with Crippen molar-refractivity contribution in [3.05, 3.63) is 10.2 Å². The van der Waals surface area contributed by atoms with Crippen LogP contribution in [0.5, 0.6) is 0 Å². The van der Waals surface area contributed by atoms with Gasteiger partial charge in [0.05, 0.1) is 12.4 Å². The van der Waals surface area contributed by atoms with E-state index in [-0.39, 0.29) is 22.9 Å². The van der Waals surface area contributed by atoms with Gasteiger partial charge in [-0.05, 0) is 5.92 Å². The lowest BCUT2D eigenvalue weighted by atomic mass is 10.00. The van der Waals surface area contributed by atoms with Gasteiger partial charge < -0.3 is 26.4 Å². The smallest absolute Gasteiger partial charge is 0.364 e. The van der Waals surface area contributed by atoms with Gasteiger partial charge in [-0.2, -0.15) is 8.42 Å². The fourth-order valence-electron chi connectivity index (χ4n) is 2.89. The minimum absolute atomic E-state index is 0.0944. The number of ether oxygens (including phenoxy) is 1. The van der Waals surface area contributed by atoms with Crippen molar-refractivity contribution in [3.63, 3.8) is 0 Å². The molecule has 1 aliphatic heterocycles. The van der Waals surface area contributed by atoms with E-state index < -0.39 is 47.0 Å². The molecule has 0 radical (unpaired) electrons. The number of fused-ring (bicyclic) bond motifs is 1. The molecule has 1 saturated heterocycles. The molecule has 3 rings (SSSR count). The van der Waals surface area contributed by atoms with Crippen LogP contribution >= 0.6 is 22.6 Å². The van der Waals surface area contributed by atoms with Crippen molar-refractivity contribution in [2.75, 3.05) is 5.73 Å². The van der Waals surface area contributed by atoms with Crippen LogP contribution in [-0.4, -0.2) is 68.6 Å². The Morgan fingerprint density at radius 2 is 2.10 bits per heavy atom. The summed E-state index contributed by atoms with van der Waals surface area (Å²) in [5, 5.41) is 20.6. The average Bonchev–Trinajstić information content (AvgIpc) is 3.22. The maximum absolute atomic E-state index is 12.2. The fraction of sp³-hybridized carbons (Fsp3) is 0.600. The van der Waals surface area contributed by atoms with Crippen LogP contribution in [0.1, 0.15) is 26.5 Å². The van der Waals surface area contributed by atoms with Crippen molar-refractivity contribution in [2.45, 2.75) is 51.0 Å². The average molecular weight is 571 g/mol. The van der Waals surface area contributed by atoms with E-state index in [1.165, 1.54) is 10.9 Å². The predicted molar refractivity (Wildman–Crippen MR) is 114 cm³/mol. The number of hydrogen-bond acceptors (Lipinski definition) is 12. The monoisotopic (exact) mass is 571 g/mol. The number of halogens is 1. The SMILES string of the molecule is CC[C@H](C)[C@H](N)C(=O)NS(=O)(=O)O[C@H]1O[C@@H](n2cnc3c(N)nc(I)nc32)[C@H](O)[C@@H]1O. The van der Waals surface area contributed by atoms with E-state index in [9.17, 15) is 23.4 Å². The molecule has 7 N–H and O–H groups in total. The van der Waals surface area contributed by atoms with Gasteiger partial charge in [-0.1, -0.05) is 20.3 Å². The molecule has 14 nitrogen and oxygen atoms in total. The lowest BCUT2D eigenvalue weighted by Gasteiger charge is -2.19. The summed E-state index contributed by atoms with van der Waals surface area (Å²) in [6, 6.07) is -1.08. The molecule has 0 spiro atoms. The number of aromatic nitrogens is 4. The van der Waals surface area contributed by atoms with Crippen LogP contribution < -0.4 is 16.2 Å². The standard InChI is InChI=1S/C15H22IN7O7S/c1-3-5(2)6(17)12(26)22-31(27,28)30-14-9(25)8(24)13(29-14)23-4-19-7-10(18)20-15(16)21-11(7)23/h4-6,8-9,13-14,24-25H,3,17H2,1-2H3,(H,22,26)(H2,18,20,21)/t5-,6-,8+,9-,13+,14+/m0/s1. The molecular weight excluding hydrogens is 549 g/mol. The Balaban J connectivity index is 1.78. The number of hydrogen-bond donors (Lipinski definition) is 5. The summed E-state index contributed by atoms with van der Waals surface area (Å²) in [6.45, 7) is 3.49. The summed E-state index contributed by atoms with van der Waals surface area (Å²) in [4.78, 5) is 24.3. The topological polar surface area (TPSA) is 218 Å². The van der Waals surface area contributed by atoms with Crippen molar-refractivity contribution in [1.82, 2.24) is 24.2 Å². The van der Waals surface area contributed by atoms with Crippen LogP contribution in [0.3, 0.4) is 0 Å². The third-order valence-corrected chi connectivity index (χ3v) is 6.27. The number of carbonyl (C=O) groups excluding carboxylic acids is 1. The molecule has 0 aromatic carbocycles. The second-order valence-corrected chi connectivity index (χ2v) is 9.28. The molecule has 16 heteroatoms. The molecule has 0 aliphatic carbocycles. The molecule has 1 amide bonds. The molecule has 0 bridgehead atoms. The van der Waals surface area contributed by atoms with Gasteiger partial charge in [0, 0.05) is 22.6 Å². The van der Waals surface area contributed by atoms with Crippen molar-refractivity contribution in [1.29, 1.82) is 0 Å². The third-order valence-electron chi connectivity index (χ3n) is 4.90. The summed E-state index contributed by atoms with van der Waals surface area (Å²) in [5.41, 5.74) is 11.9. The Labute approximate surface area is 190 Å². The summed E-state index contributed by atoms with van der Waals surface area (Å²) in [5.74, 6) is -1.15. The van der Waals surface area contributed by atoms with E-state index in [1.54, 1.807) is 18.6 Å². The van der Waals surface area contributed by atoms with Gasteiger partial charge in [0.1, 0.15) is 17.7 Å². The van der Waals surface area contributed by atoms with Gasteiger partial charge in [0.25, 0.3) is 5.91 Å². The van der Waals surface area contributed by atoms with Gasteiger partial charge in [-0.15, -0.1) is 0 Å². The summed E-state index contributed by atoms with van der Waals surface area (Å²) in [7, 11) is -4.70. The van der Waals surface area contributed by atoms with E-state index in [0.29, 0.717) is 10.3 Å². The lowest BCUT2D eigenvalue weighted by molar-refractivity contribution is -0.126. The second-order valence-electron chi connectivity index (χ2n) is 7.01. The van der Waals surface area contributed by atoms with Crippen LogP contribution in [0.15, 0.2) is 6.33 Å². The Morgan fingerprint density at radius 3 is 2.74 bits per heavy atom. The third kappa shape index (κ3) is 4.89. The number of nitrogen functional groups attached to an aromatic ring is 1. The van der Waals surface area contributed by atoms with Crippen LogP contribution in [-0.2, 0) is 24.0 Å². The van der Waals surface area contributed by atoms with E-state index in [4.69, 9.17) is 20.4 Å². The van der Waals surface area contributed by atoms with Crippen LogP contribution in [0, 0.1) is 9.75 Å². The molecule has 172 valence electrons. The molecule has 2 aromatic rings. The molecule has 0 saturated carbocycles. The number of rotatable bonds is 7. The first-order valence-electron chi connectivity index (χ1n) is 9.12. The molecule has 3 heterocycles. The van der Waals surface area contributed by atoms with Gasteiger partial charge in [-0.25, -0.2) is 23.9 Å². The van der Waals surface area contributed by atoms with E-state index >= 15 is 0 Å². The first kappa shape index (κ1) is 24.0. The summed E-state index contributed by atoms with van der Waals surface area (Å²) in [6.07, 6.45) is -4.69. The molecule has 1 aliphatic rings. The van der Waals surface area contributed by atoms with E-state index in [2.05, 4.69) is 15.0 Å². The van der Waals surface area contributed by atoms with Gasteiger partial charge in [0.2, 0.25) is 6.29 Å².